The molecule has 0 aliphatic heterocycles. The van der Waals surface area contributed by atoms with Crippen LogP contribution in [-0.4, -0.2) is 11.9 Å². The first kappa shape index (κ1) is 13.0. The van der Waals surface area contributed by atoms with Crippen LogP contribution >= 0.6 is 0 Å². The van der Waals surface area contributed by atoms with Gasteiger partial charge in [-0.2, -0.15) is 4.99 Å². The van der Waals surface area contributed by atoms with E-state index in [2.05, 4.69) is 10.3 Å². The Morgan fingerprint density at radius 1 is 1.41 bits per heavy atom. The van der Waals surface area contributed by atoms with Crippen LogP contribution in [0.3, 0.4) is 0 Å². The molecule has 1 aromatic carbocycles. The normalized spacial score (nSPS) is 10.1. The molecule has 5 nitrogen and oxygen atoms in total. The first-order valence-electron chi connectivity index (χ1n) is 5.15. The Labute approximate surface area is 99.2 Å². The van der Waals surface area contributed by atoms with Crippen molar-refractivity contribution in [3.8, 4) is 0 Å². The van der Waals surface area contributed by atoms with E-state index in [0.717, 1.165) is 5.56 Å². The molecule has 1 rings (SSSR count). The molecule has 0 aliphatic carbocycles. The second kappa shape index (κ2) is 5.29. The monoisotopic (exact) mass is 237 g/mol. The summed E-state index contributed by atoms with van der Waals surface area (Å²) < 4.78 is 13.6. The maximum absolute atomic E-state index is 13.6. The van der Waals surface area contributed by atoms with Crippen molar-refractivity contribution >= 4 is 17.6 Å². The predicted molar refractivity (Wildman–Crippen MR) is 67.6 cm³/mol. The highest BCUT2D eigenvalue weighted by Crippen LogP contribution is 2.26. The fourth-order valence-electron chi connectivity index (χ4n) is 1.43. The summed E-state index contributed by atoms with van der Waals surface area (Å²) in [5.41, 5.74) is 11.3. The molecule has 0 fully saturated rings. The third-order valence-corrected chi connectivity index (χ3v) is 2.15. The molecular weight excluding hydrogens is 221 g/mol. The highest BCUT2D eigenvalue weighted by Gasteiger charge is 2.12. The van der Waals surface area contributed by atoms with Gasteiger partial charge >= 0.3 is 0 Å². The summed E-state index contributed by atoms with van der Waals surface area (Å²) in [7, 11) is 0. The van der Waals surface area contributed by atoms with Crippen molar-refractivity contribution < 1.29 is 4.39 Å². The number of nitrogens with two attached hydrogens (primary N) is 2. The molecule has 17 heavy (non-hydrogen) atoms. The molecule has 0 radical (unpaired) electrons. The number of aliphatic imine (C=N–C) groups is 1. The number of hydrogen-bond donors (Lipinski definition) is 4. The Hall–Kier alpha value is -2.11. The van der Waals surface area contributed by atoms with E-state index < -0.39 is 5.82 Å². The van der Waals surface area contributed by atoms with E-state index in [4.69, 9.17) is 16.9 Å². The van der Waals surface area contributed by atoms with Crippen molar-refractivity contribution in [3.63, 3.8) is 0 Å². The summed E-state index contributed by atoms with van der Waals surface area (Å²) in [6.07, 6.45) is 0. The number of anilines is 1. The topological polar surface area (TPSA) is 100 Å². The summed E-state index contributed by atoms with van der Waals surface area (Å²) in [6.45, 7) is 3.87. The lowest BCUT2D eigenvalue weighted by atomic mass is 10.0. The summed E-state index contributed by atoms with van der Waals surface area (Å²) >= 11 is 0. The number of halogens is 1. The highest BCUT2D eigenvalue weighted by atomic mass is 19.1. The minimum absolute atomic E-state index is 0.125. The third kappa shape index (κ3) is 3.44. The molecule has 0 saturated heterocycles. The summed E-state index contributed by atoms with van der Waals surface area (Å²) in [4.78, 5) is 3.49. The molecule has 0 spiro atoms. The zero-order valence-electron chi connectivity index (χ0n) is 9.79. The molecule has 0 aliphatic rings. The number of hydrogen-bond acceptors (Lipinski definition) is 1. The van der Waals surface area contributed by atoms with Gasteiger partial charge in [0.15, 0.2) is 5.96 Å². The van der Waals surface area contributed by atoms with Crippen molar-refractivity contribution in [1.29, 1.82) is 5.41 Å². The molecule has 92 valence electrons. The maximum Gasteiger partial charge on any atom is 0.222 e. The van der Waals surface area contributed by atoms with Gasteiger partial charge in [-0.15, -0.1) is 0 Å². The number of nitrogens with one attached hydrogen (secondary N) is 2. The molecule has 0 unspecified atom stereocenters. The van der Waals surface area contributed by atoms with Gasteiger partial charge in [0.1, 0.15) is 5.82 Å². The van der Waals surface area contributed by atoms with Crippen LogP contribution in [0.4, 0.5) is 10.1 Å². The second-order valence-electron chi connectivity index (χ2n) is 3.87. The van der Waals surface area contributed by atoms with Crippen molar-refractivity contribution in [2.75, 3.05) is 5.32 Å². The van der Waals surface area contributed by atoms with E-state index >= 15 is 0 Å². The van der Waals surface area contributed by atoms with E-state index in [0.29, 0.717) is 0 Å². The van der Waals surface area contributed by atoms with Crippen LogP contribution in [-0.2, 0) is 0 Å². The van der Waals surface area contributed by atoms with Crippen molar-refractivity contribution in [2.45, 2.75) is 19.8 Å². The molecule has 1 aromatic rings. The summed E-state index contributed by atoms with van der Waals surface area (Å²) in [5, 5.41) is 10.0. The van der Waals surface area contributed by atoms with E-state index in [1.807, 2.05) is 13.8 Å². The van der Waals surface area contributed by atoms with Crippen LogP contribution in [0, 0.1) is 11.2 Å². The molecule has 0 aromatic heterocycles. The number of benzene rings is 1. The second-order valence-corrected chi connectivity index (χ2v) is 3.87. The first-order valence-corrected chi connectivity index (χ1v) is 5.15. The van der Waals surface area contributed by atoms with Crippen molar-refractivity contribution in [3.05, 3.63) is 29.6 Å². The van der Waals surface area contributed by atoms with Gasteiger partial charge in [0.05, 0.1) is 5.69 Å². The van der Waals surface area contributed by atoms with Gasteiger partial charge in [-0.05, 0) is 17.5 Å². The smallest absolute Gasteiger partial charge is 0.222 e. The van der Waals surface area contributed by atoms with Gasteiger partial charge < -0.3 is 16.8 Å². The third-order valence-electron chi connectivity index (χ3n) is 2.15. The van der Waals surface area contributed by atoms with Crippen LogP contribution in [0.5, 0.6) is 0 Å². The van der Waals surface area contributed by atoms with E-state index in [9.17, 15) is 4.39 Å². The predicted octanol–water partition coefficient (Wildman–Crippen LogP) is 1.57. The van der Waals surface area contributed by atoms with Gasteiger partial charge in [0.2, 0.25) is 5.96 Å². The minimum Gasteiger partial charge on any atom is -0.370 e. The van der Waals surface area contributed by atoms with Gasteiger partial charge in [-0.25, -0.2) is 4.39 Å². The van der Waals surface area contributed by atoms with Crippen LogP contribution < -0.4 is 16.8 Å². The van der Waals surface area contributed by atoms with E-state index in [1.165, 1.54) is 6.07 Å². The Balaban J connectivity index is 3.05. The molecular formula is C11H16FN5. The number of rotatable bonds is 2. The summed E-state index contributed by atoms with van der Waals surface area (Å²) in [5.74, 6) is -0.853. The molecule has 0 atom stereocenters. The standard InChI is InChI=1S/C11H16FN5/c1-6(2)7-4-3-5-8(12)9(7)16-11(15)17-10(13)14/h3-6H,1-2H3,(H6,13,14,15,16,17). The number of guanidine groups is 2. The number of nitrogens with zero attached hydrogens (tertiary/aromatic N) is 1. The summed E-state index contributed by atoms with van der Waals surface area (Å²) in [6, 6.07) is 4.73. The molecule has 6 N–H and O–H groups in total. The lowest BCUT2D eigenvalue weighted by Crippen LogP contribution is -2.26. The molecule has 0 heterocycles. The lowest BCUT2D eigenvalue weighted by Gasteiger charge is -2.14. The van der Waals surface area contributed by atoms with Gasteiger partial charge in [0.25, 0.3) is 0 Å². The minimum atomic E-state index is -0.438. The average Bonchev–Trinajstić information content (AvgIpc) is 2.19. The number of para-hydroxylation sites is 1. The fourth-order valence-corrected chi connectivity index (χ4v) is 1.43. The zero-order valence-corrected chi connectivity index (χ0v) is 9.79. The Kier molecular flexibility index (Phi) is 4.03. The molecule has 0 saturated carbocycles. The fraction of sp³-hybridized carbons (Fsp3) is 0.273. The maximum atomic E-state index is 13.6. The Morgan fingerprint density at radius 2 is 2.06 bits per heavy atom. The zero-order chi connectivity index (χ0) is 13.0. The SMILES string of the molecule is CC(C)c1cccc(F)c1NC(=N)N=C(N)N. The van der Waals surface area contributed by atoms with Gasteiger partial charge in [0, 0.05) is 0 Å². The van der Waals surface area contributed by atoms with Crippen molar-refractivity contribution in [2.24, 2.45) is 16.5 Å². The van der Waals surface area contributed by atoms with Crippen molar-refractivity contribution in [1.82, 2.24) is 0 Å². The quantitative estimate of drug-likeness (QED) is 0.464. The van der Waals surface area contributed by atoms with Crippen LogP contribution in [0.15, 0.2) is 23.2 Å². The first-order chi connectivity index (χ1) is 7.91. The van der Waals surface area contributed by atoms with E-state index in [1.54, 1.807) is 12.1 Å². The Bertz CT molecular complexity index is 449. The molecule has 0 bridgehead atoms. The average molecular weight is 237 g/mol. The van der Waals surface area contributed by atoms with Crippen LogP contribution in [0.2, 0.25) is 0 Å². The Morgan fingerprint density at radius 3 is 2.59 bits per heavy atom. The van der Waals surface area contributed by atoms with Gasteiger partial charge in [-0.1, -0.05) is 26.0 Å². The molecule has 0 amide bonds. The van der Waals surface area contributed by atoms with Crippen LogP contribution in [0.25, 0.3) is 0 Å². The van der Waals surface area contributed by atoms with Gasteiger partial charge in [-0.3, -0.25) is 5.41 Å². The highest BCUT2D eigenvalue weighted by molar-refractivity contribution is 6.00. The van der Waals surface area contributed by atoms with Crippen LogP contribution in [0.1, 0.15) is 25.3 Å². The largest absolute Gasteiger partial charge is 0.370 e. The lowest BCUT2D eigenvalue weighted by molar-refractivity contribution is 0.628. The van der Waals surface area contributed by atoms with E-state index in [-0.39, 0.29) is 23.5 Å². The molecule has 6 heteroatoms.